The van der Waals surface area contributed by atoms with E-state index in [9.17, 15) is 13.2 Å². The summed E-state index contributed by atoms with van der Waals surface area (Å²) in [5.41, 5.74) is 0.317. The SMILES string of the molecule is C[C@@H]1CN(C(=O)OC2(C)COC2)CCN1c1ncc(OCc2ccc(S(C)(=O)=O)cc2)cn1. The molecule has 2 saturated heterocycles. The Balaban J connectivity index is 1.29. The van der Waals surface area contributed by atoms with Crippen LogP contribution >= 0.6 is 0 Å². The van der Waals surface area contributed by atoms with Gasteiger partial charge >= 0.3 is 6.09 Å². The Morgan fingerprint density at radius 3 is 2.39 bits per heavy atom. The normalized spacial score (nSPS) is 20.2. The second-order valence-corrected chi connectivity index (χ2v) is 10.7. The molecule has 0 aliphatic carbocycles. The Kier molecular flexibility index (Phi) is 6.44. The lowest BCUT2D eigenvalue weighted by Gasteiger charge is -2.42. The van der Waals surface area contributed by atoms with Gasteiger partial charge in [0.05, 0.1) is 30.5 Å². The average molecular weight is 477 g/mol. The van der Waals surface area contributed by atoms with Crippen molar-refractivity contribution in [1.82, 2.24) is 14.9 Å². The lowest BCUT2D eigenvalue weighted by molar-refractivity contribution is -0.172. The number of sulfone groups is 1. The van der Waals surface area contributed by atoms with E-state index in [2.05, 4.69) is 9.97 Å². The predicted molar refractivity (Wildman–Crippen MR) is 120 cm³/mol. The number of piperazine rings is 1. The third kappa shape index (κ3) is 5.53. The first-order chi connectivity index (χ1) is 15.6. The highest BCUT2D eigenvalue weighted by Crippen LogP contribution is 2.24. The van der Waals surface area contributed by atoms with Crippen molar-refractivity contribution >= 4 is 21.9 Å². The molecular weight excluding hydrogens is 448 g/mol. The van der Waals surface area contributed by atoms with Gasteiger partial charge in [0.15, 0.2) is 21.2 Å². The molecule has 11 heteroatoms. The first kappa shape index (κ1) is 23.2. The van der Waals surface area contributed by atoms with Crippen molar-refractivity contribution in [2.75, 3.05) is 44.0 Å². The standard InChI is InChI=1S/C22H28N4O6S/c1-16-12-25(21(27)32-22(2)14-30-15-22)8-9-26(16)20-23-10-18(11-24-20)31-13-17-4-6-19(7-5-17)33(3,28)29/h4-7,10-11,16H,8-9,12-15H2,1-3H3/t16-/m1/s1. The van der Waals surface area contributed by atoms with Crippen molar-refractivity contribution in [3.63, 3.8) is 0 Å². The second-order valence-electron chi connectivity index (χ2n) is 8.72. The maximum atomic E-state index is 12.4. The number of rotatable bonds is 6. The number of benzene rings is 1. The minimum absolute atomic E-state index is 0.0249. The number of hydrogen-bond acceptors (Lipinski definition) is 9. The van der Waals surface area contributed by atoms with E-state index < -0.39 is 15.4 Å². The van der Waals surface area contributed by atoms with Crippen LogP contribution in [0.4, 0.5) is 10.7 Å². The van der Waals surface area contributed by atoms with Gasteiger partial charge < -0.3 is 24.0 Å². The number of amides is 1. The number of nitrogens with zero attached hydrogens (tertiary/aromatic N) is 4. The molecule has 0 unspecified atom stereocenters. The summed E-state index contributed by atoms with van der Waals surface area (Å²) in [7, 11) is -3.22. The molecule has 3 heterocycles. The van der Waals surface area contributed by atoms with E-state index >= 15 is 0 Å². The molecule has 10 nitrogen and oxygen atoms in total. The Bertz CT molecular complexity index is 1090. The van der Waals surface area contributed by atoms with E-state index in [0.717, 1.165) is 5.56 Å². The lowest BCUT2D eigenvalue weighted by Crippen LogP contribution is -2.57. The highest BCUT2D eigenvalue weighted by Gasteiger charge is 2.40. The van der Waals surface area contributed by atoms with Crippen LogP contribution < -0.4 is 9.64 Å². The van der Waals surface area contributed by atoms with Crippen LogP contribution in [-0.4, -0.2) is 80.1 Å². The maximum absolute atomic E-state index is 12.4. The zero-order valence-electron chi connectivity index (χ0n) is 18.9. The fourth-order valence-electron chi connectivity index (χ4n) is 3.68. The van der Waals surface area contributed by atoms with E-state index in [1.165, 1.54) is 6.26 Å². The van der Waals surface area contributed by atoms with Crippen LogP contribution in [-0.2, 0) is 25.9 Å². The molecule has 0 saturated carbocycles. The molecule has 0 N–H and O–H groups in total. The van der Waals surface area contributed by atoms with Gasteiger partial charge in [0, 0.05) is 31.9 Å². The van der Waals surface area contributed by atoms with E-state index in [1.807, 2.05) is 18.7 Å². The summed E-state index contributed by atoms with van der Waals surface area (Å²) in [6.45, 7) is 6.65. The molecule has 1 aromatic heterocycles. The van der Waals surface area contributed by atoms with E-state index in [4.69, 9.17) is 14.2 Å². The molecule has 1 amide bonds. The zero-order valence-corrected chi connectivity index (χ0v) is 19.7. The summed E-state index contributed by atoms with van der Waals surface area (Å²) in [5, 5.41) is 0. The summed E-state index contributed by atoms with van der Waals surface area (Å²) in [5.74, 6) is 1.08. The molecule has 2 aliphatic rings. The van der Waals surface area contributed by atoms with Crippen LogP contribution in [0.5, 0.6) is 5.75 Å². The van der Waals surface area contributed by atoms with Crippen molar-refractivity contribution in [3.05, 3.63) is 42.2 Å². The molecule has 2 aliphatic heterocycles. The quantitative estimate of drug-likeness (QED) is 0.617. The number of anilines is 1. The third-order valence-electron chi connectivity index (χ3n) is 5.66. The molecule has 33 heavy (non-hydrogen) atoms. The maximum Gasteiger partial charge on any atom is 0.410 e. The van der Waals surface area contributed by atoms with E-state index in [1.54, 1.807) is 41.6 Å². The van der Waals surface area contributed by atoms with Crippen LogP contribution in [0, 0.1) is 0 Å². The van der Waals surface area contributed by atoms with Crippen molar-refractivity contribution in [2.24, 2.45) is 0 Å². The molecule has 0 radical (unpaired) electrons. The molecule has 0 bridgehead atoms. The first-order valence-electron chi connectivity index (χ1n) is 10.7. The Labute approximate surface area is 193 Å². The van der Waals surface area contributed by atoms with Crippen LogP contribution in [0.25, 0.3) is 0 Å². The van der Waals surface area contributed by atoms with Gasteiger partial charge in [-0.1, -0.05) is 12.1 Å². The van der Waals surface area contributed by atoms with Gasteiger partial charge in [-0.2, -0.15) is 0 Å². The number of carbonyl (C=O) groups excluding carboxylic acids is 1. The van der Waals surface area contributed by atoms with E-state index in [-0.39, 0.29) is 23.6 Å². The number of hydrogen-bond donors (Lipinski definition) is 0. The zero-order chi connectivity index (χ0) is 23.6. The third-order valence-corrected chi connectivity index (χ3v) is 6.79. The molecule has 1 atom stereocenters. The van der Waals surface area contributed by atoms with Crippen LogP contribution in [0.3, 0.4) is 0 Å². The van der Waals surface area contributed by atoms with Crippen molar-refractivity contribution in [2.45, 2.75) is 37.0 Å². The molecule has 0 spiro atoms. The largest absolute Gasteiger partial charge is 0.486 e. The van der Waals surface area contributed by atoms with Gasteiger partial charge in [-0.25, -0.2) is 23.2 Å². The van der Waals surface area contributed by atoms with Gasteiger partial charge in [-0.3, -0.25) is 0 Å². The van der Waals surface area contributed by atoms with Gasteiger partial charge in [0.25, 0.3) is 0 Å². The van der Waals surface area contributed by atoms with Crippen molar-refractivity contribution in [1.29, 1.82) is 0 Å². The smallest absolute Gasteiger partial charge is 0.410 e. The van der Waals surface area contributed by atoms with Gasteiger partial charge in [0.2, 0.25) is 5.95 Å². The summed E-state index contributed by atoms with van der Waals surface area (Å²) in [6, 6.07) is 6.58. The van der Waals surface area contributed by atoms with Crippen molar-refractivity contribution < 1.29 is 27.4 Å². The van der Waals surface area contributed by atoms with Crippen LogP contribution in [0.1, 0.15) is 19.4 Å². The van der Waals surface area contributed by atoms with Gasteiger partial charge in [0.1, 0.15) is 6.61 Å². The summed E-state index contributed by atoms with van der Waals surface area (Å²) >= 11 is 0. The van der Waals surface area contributed by atoms with Crippen molar-refractivity contribution in [3.8, 4) is 5.75 Å². The summed E-state index contributed by atoms with van der Waals surface area (Å²) in [4.78, 5) is 25.3. The molecular formula is C22H28N4O6S. The van der Waals surface area contributed by atoms with Crippen LogP contribution in [0.15, 0.2) is 41.6 Å². The first-order valence-corrected chi connectivity index (χ1v) is 12.6. The van der Waals surface area contributed by atoms with E-state index in [0.29, 0.717) is 44.5 Å². The second kappa shape index (κ2) is 9.14. The predicted octanol–water partition coefficient (Wildman–Crippen LogP) is 1.90. The average Bonchev–Trinajstić information content (AvgIpc) is 2.76. The van der Waals surface area contributed by atoms with Gasteiger partial charge in [-0.15, -0.1) is 0 Å². The Hall–Kier alpha value is -2.92. The minimum Gasteiger partial charge on any atom is -0.486 e. The molecule has 2 aromatic rings. The summed E-state index contributed by atoms with van der Waals surface area (Å²) in [6.07, 6.45) is 4.08. The number of carbonyl (C=O) groups is 1. The fraction of sp³-hybridized carbons (Fsp3) is 0.500. The Morgan fingerprint density at radius 1 is 1.18 bits per heavy atom. The monoisotopic (exact) mass is 476 g/mol. The highest BCUT2D eigenvalue weighted by molar-refractivity contribution is 7.90. The fourth-order valence-corrected chi connectivity index (χ4v) is 4.31. The Morgan fingerprint density at radius 2 is 1.85 bits per heavy atom. The number of ether oxygens (including phenoxy) is 3. The molecule has 2 fully saturated rings. The number of aromatic nitrogens is 2. The molecule has 4 rings (SSSR count). The highest BCUT2D eigenvalue weighted by atomic mass is 32.2. The molecule has 1 aromatic carbocycles. The van der Waals surface area contributed by atoms with Gasteiger partial charge in [-0.05, 0) is 31.5 Å². The van der Waals surface area contributed by atoms with Crippen LogP contribution in [0.2, 0.25) is 0 Å². The topological polar surface area (TPSA) is 111 Å². The summed E-state index contributed by atoms with van der Waals surface area (Å²) < 4.78 is 39.5. The molecule has 178 valence electrons. The lowest BCUT2D eigenvalue weighted by atomic mass is 10.1. The minimum atomic E-state index is -3.22.